The summed E-state index contributed by atoms with van der Waals surface area (Å²) in [5.74, 6) is -0.450. The van der Waals surface area contributed by atoms with E-state index in [2.05, 4.69) is 11.4 Å². The van der Waals surface area contributed by atoms with Crippen LogP contribution in [0.3, 0.4) is 0 Å². The highest BCUT2D eigenvalue weighted by Gasteiger charge is 2.24. The first-order valence-corrected chi connectivity index (χ1v) is 12.1. The molecule has 28 heavy (non-hydrogen) atoms. The Labute approximate surface area is 169 Å². The maximum Gasteiger partial charge on any atom is 0.472 e. The van der Waals surface area contributed by atoms with Gasteiger partial charge in [-0.2, -0.15) is 0 Å². The second-order valence-corrected chi connectivity index (χ2v) is 8.42. The first-order valence-electron chi connectivity index (χ1n) is 10.6. The Bertz CT molecular complexity index is 423. The summed E-state index contributed by atoms with van der Waals surface area (Å²) in [6, 6.07) is 0. The molecule has 0 aliphatic heterocycles. The maximum absolute atomic E-state index is 11.8. The van der Waals surface area contributed by atoms with E-state index in [0.29, 0.717) is 0 Å². The van der Waals surface area contributed by atoms with E-state index in [-0.39, 0.29) is 19.6 Å². The standard InChI is InChI=1S/C19H40NO7P/c1-2-3-4-5-6-7-8-9-10-11-12-13-19(22)27-18(16-21)17-26-28(23,24)25-15-14-20/h18,21H,2-17,20H2,1H3,(H,23,24). The van der Waals surface area contributed by atoms with E-state index in [1.165, 1.54) is 51.4 Å². The number of ether oxygens (including phenoxy) is 1. The lowest BCUT2D eigenvalue weighted by atomic mass is 10.1. The number of aliphatic hydroxyl groups excluding tert-OH is 1. The topological polar surface area (TPSA) is 128 Å². The zero-order chi connectivity index (χ0) is 21.1. The first-order chi connectivity index (χ1) is 13.4. The van der Waals surface area contributed by atoms with Gasteiger partial charge in [-0.3, -0.25) is 13.8 Å². The van der Waals surface area contributed by atoms with Crippen LogP contribution in [-0.4, -0.2) is 48.4 Å². The van der Waals surface area contributed by atoms with Gasteiger partial charge in [0.1, 0.15) is 6.10 Å². The Morgan fingerprint density at radius 1 is 0.964 bits per heavy atom. The number of unbranched alkanes of at least 4 members (excludes halogenated alkanes) is 10. The summed E-state index contributed by atoms with van der Waals surface area (Å²) >= 11 is 0. The van der Waals surface area contributed by atoms with Crippen molar-refractivity contribution < 1.29 is 33.1 Å². The number of hydrogen-bond donors (Lipinski definition) is 3. The Balaban J connectivity index is 3.68. The number of carbonyl (C=O) groups is 1. The summed E-state index contributed by atoms with van der Waals surface area (Å²) in [6.45, 7) is 1.25. The van der Waals surface area contributed by atoms with Gasteiger partial charge in [-0.15, -0.1) is 0 Å². The molecule has 0 aliphatic rings. The zero-order valence-electron chi connectivity index (χ0n) is 17.4. The molecule has 0 amide bonds. The quantitative estimate of drug-likeness (QED) is 0.153. The summed E-state index contributed by atoms with van der Waals surface area (Å²) in [7, 11) is -4.25. The summed E-state index contributed by atoms with van der Waals surface area (Å²) in [5, 5.41) is 9.22. The van der Waals surface area contributed by atoms with Crippen LogP contribution < -0.4 is 5.73 Å². The lowest BCUT2D eigenvalue weighted by Crippen LogP contribution is -2.27. The van der Waals surface area contributed by atoms with E-state index < -0.39 is 33.1 Å². The minimum absolute atomic E-state index is 0.0747. The number of carbonyl (C=O) groups excluding carboxylic acids is 1. The molecule has 0 heterocycles. The van der Waals surface area contributed by atoms with Crippen LogP contribution in [0.15, 0.2) is 0 Å². The highest BCUT2D eigenvalue weighted by Crippen LogP contribution is 2.42. The highest BCUT2D eigenvalue weighted by molar-refractivity contribution is 7.47. The number of rotatable bonds is 20. The van der Waals surface area contributed by atoms with Crippen molar-refractivity contribution in [2.24, 2.45) is 5.73 Å². The maximum atomic E-state index is 11.8. The van der Waals surface area contributed by atoms with Crippen molar-refractivity contribution in [1.82, 2.24) is 0 Å². The third-order valence-corrected chi connectivity index (χ3v) is 5.27. The van der Waals surface area contributed by atoms with Gasteiger partial charge in [0.15, 0.2) is 0 Å². The molecule has 0 aliphatic carbocycles. The average Bonchev–Trinajstić information content (AvgIpc) is 2.67. The number of nitrogens with two attached hydrogens (primary N) is 1. The van der Waals surface area contributed by atoms with Crippen LogP contribution in [0.2, 0.25) is 0 Å². The molecule has 0 saturated heterocycles. The second kappa shape index (κ2) is 18.5. The van der Waals surface area contributed by atoms with Gasteiger partial charge >= 0.3 is 13.8 Å². The van der Waals surface area contributed by atoms with E-state index in [1.807, 2.05) is 0 Å². The summed E-state index contributed by atoms with van der Waals surface area (Å²) < 4.78 is 25.8. The molecule has 0 rings (SSSR count). The second-order valence-electron chi connectivity index (χ2n) is 6.97. The fourth-order valence-electron chi connectivity index (χ4n) is 2.69. The summed E-state index contributed by atoms with van der Waals surface area (Å²) in [4.78, 5) is 21.2. The Morgan fingerprint density at radius 3 is 2.00 bits per heavy atom. The van der Waals surface area contributed by atoms with Gasteiger partial charge in [-0.1, -0.05) is 71.1 Å². The van der Waals surface area contributed by atoms with Crippen LogP contribution in [0.5, 0.6) is 0 Å². The van der Waals surface area contributed by atoms with Crippen molar-refractivity contribution in [3.05, 3.63) is 0 Å². The molecule has 0 spiro atoms. The fourth-order valence-corrected chi connectivity index (χ4v) is 3.45. The van der Waals surface area contributed by atoms with Crippen LogP contribution in [0.25, 0.3) is 0 Å². The van der Waals surface area contributed by atoms with Crippen LogP contribution in [-0.2, 0) is 23.1 Å². The molecule has 2 unspecified atom stereocenters. The van der Waals surface area contributed by atoms with E-state index in [0.717, 1.165) is 19.3 Å². The molecular weight excluding hydrogens is 385 g/mol. The van der Waals surface area contributed by atoms with Gasteiger partial charge in [-0.05, 0) is 6.42 Å². The van der Waals surface area contributed by atoms with E-state index in [9.17, 15) is 19.4 Å². The van der Waals surface area contributed by atoms with Crippen molar-refractivity contribution in [2.75, 3.05) is 26.4 Å². The van der Waals surface area contributed by atoms with Crippen LogP contribution in [0.1, 0.15) is 84.0 Å². The molecule has 0 bridgehead atoms. The minimum atomic E-state index is -4.25. The zero-order valence-corrected chi connectivity index (χ0v) is 18.2. The molecule has 0 aromatic carbocycles. The van der Waals surface area contributed by atoms with Crippen molar-refractivity contribution in [1.29, 1.82) is 0 Å². The summed E-state index contributed by atoms with van der Waals surface area (Å²) in [6.07, 6.45) is 12.4. The molecule has 0 aromatic heterocycles. The first kappa shape index (κ1) is 27.5. The number of phosphoric ester groups is 1. The van der Waals surface area contributed by atoms with Crippen molar-refractivity contribution in [3.63, 3.8) is 0 Å². The molecule has 2 atom stereocenters. The van der Waals surface area contributed by atoms with Crippen LogP contribution in [0.4, 0.5) is 0 Å². The largest absolute Gasteiger partial charge is 0.472 e. The smallest absolute Gasteiger partial charge is 0.457 e. The van der Waals surface area contributed by atoms with Gasteiger partial charge < -0.3 is 20.5 Å². The molecule has 168 valence electrons. The molecule has 9 heteroatoms. The Morgan fingerprint density at radius 2 is 1.50 bits per heavy atom. The highest BCUT2D eigenvalue weighted by atomic mass is 31.2. The van der Waals surface area contributed by atoms with Gasteiger partial charge in [0.25, 0.3) is 0 Å². The van der Waals surface area contributed by atoms with Crippen molar-refractivity contribution >= 4 is 13.8 Å². The van der Waals surface area contributed by atoms with Crippen molar-refractivity contribution in [2.45, 2.75) is 90.1 Å². The monoisotopic (exact) mass is 425 g/mol. The fraction of sp³-hybridized carbons (Fsp3) is 0.947. The van der Waals surface area contributed by atoms with E-state index in [1.54, 1.807) is 0 Å². The minimum Gasteiger partial charge on any atom is -0.457 e. The SMILES string of the molecule is CCCCCCCCCCCCCC(=O)OC(CO)COP(=O)(O)OCCN. The summed E-state index contributed by atoms with van der Waals surface area (Å²) in [5.41, 5.74) is 5.18. The molecule has 8 nitrogen and oxygen atoms in total. The van der Waals surface area contributed by atoms with Gasteiger partial charge in [0, 0.05) is 13.0 Å². The molecular formula is C19H40NO7P. The number of hydrogen-bond acceptors (Lipinski definition) is 7. The third kappa shape index (κ3) is 17.6. The Kier molecular flexibility index (Phi) is 18.2. The average molecular weight is 426 g/mol. The predicted octanol–water partition coefficient (Wildman–Crippen LogP) is 3.68. The normalized spacial score (nSPS) is 14.6. The third-order valence-electron chi connectivity index (χ3n) is 4.28. The van der Waals surface area contributed by atoms with E-state index >= 15 is 0 Å². The lowest BCUT2D eigenvalue weighted by Gasteiger charge is -2.17. The lowest BCUT2D eigenvalue weighted by molar-refractivity contribution is -0.153. The number of esters is 1. The van der Waals surface area contributed by atoms with E-state index in [4.69, 9.17) is 15.0 Å². The van der Waals surface area contributed by atoms with Gasteiger partial charge in [0.2, 0.25) is 0 Å². The molecule has 4 N–H and O–H groups in total. The van der Waals surface area contributed by atoms with Crippen LogP contribution >= 0.6 is 7.82 Å². The molecule has 0 radical (unpaired) electrons. The van der Waals surface area contributed by atoms with Gasteiger partial charge in [0.05, 0.1) is 19.8 Å². The van der Waals surface area contributed by atoms with Crippen molar-refractivity contribution in [3.8, 4) is 0 Å². The Hall–Kier alpha value is -0.500. The number of aliphatic hydroxyl groups is 1. The molecule has 0 fully saturated rings. The predicted molar refractivity (Wildman–Crippen MR) is 109 cm³/mol. The molecule has 0 aromatic rings. The number of phosphoric acid groups is 1. The van der Waals surface area contributed by atoms with Crippen LogP contribution in [0, 0.1) is 0 Å². The van der Waals surface area contributed by atoms with Gasteiger partial charge in [-0.25, -0.2) is 4.57 Å². The molecule has 0 saturated carbocycles.